The number of benzene rings is 1. The van der Waals surface area contributed by atoms with Gasteiger partial charge >= 0.3 is 0 Å². The molecule has 0 aliphatic rings. The predicted molar refractivity (Wildman–Crippen MR) is 87.7 cm³/mol. The monoisotopic (exact) mass is 295 g/mol. The molecule has 2 nitrogen and oxygen atoms in total. The van der Waals surface area contributed by atoms with E-state index in [1.165, 1.54) is 5.57 Å². The molecule has 0 aliphatic heterocycles. The lowest BCUT2D eigenvalue weighted by atomic mass is 10.0. The smallest absolute Gasteiger partial charge is 0.121 e. The van der Waals surface area contributed by atoms with Gasteiger partial charge < -0.3 is 10.1 Å². The molecule has 112 valence electrons. The van der Waals surface area contributed by atoms with Crippen molar-refractivity contribution < 1.29 is 4.74 Å². The number of nitrogens with one attached hydrogen (secondary N) is 1. The van der Waals surface area contributed by atoms with E-state index in [-0.39, 0.29) is 12.1 Å². The van der Waals surface area contributed by atoms with Gasteiger partial charge in [0.15, 0.2) is 0 Å². The van der Waals surface area contributed by atoms with E-state index in [4.69, 9.17) is 16.3 Å². The number of hydrogen-bond donors (Lipinski definition) is 1. The van der Waals surface area contributed by atoms with Gasteiger partial charge in [-0.25, -0.2) is 0 Å². The van der Waals surface area contributed by atoms with Crippen LogP contribution in [0.2, 0.25) is 5.02 Å². The minimum absolute atomic E-state index is 0.0725. The molecule has 1 aromatic carbocycles. The molecular weight excluding hydrogens is 270 g/mol. The molecule has 0 aliphatic carbocycles. The summed E-state index contributed by atoms with van der Waals surface area (Å²) in [4.78, 5) is 0. The van der Waals surface area contributed by atoms with Crippen LogP contribution in [0.15, 0.2) is 36.4 Å². The quantitative estimate of drug-likeness (QED) is 0.659. The standard InChI is InChI=1S/C17H26ClNO/c1-5-10-19-17(11-13(3)6-2)14(4)20-16-9-7-8-15(18)12-16/h7-9,12,14,17,19H,3,5-6,10-11H2,1-2,4H3. The van der Waals surface area contributed by atoms with Crippen LogP contribution in [0.5, 0.6) is 5.75 Å². The van der Waals surface area contributed by atoms with Crippen molar-refractivity contribution in [2.45, 2.75) is 52.2 Å². The Hall–Kier alpha value is -0.990. The zero-order valence-electron chi connectivity index (χ0n) is 12.8. The van der Waals surface area contributed by atoms with Crippen molar-refractivity contribution in [3.05, 3.63) is 41.4 Å². The summed E-state index contributed by atoms with van der Waals surface area (Å²) < 4.78 is 6.01. The molecule has 0 fully saturated rings. The zero-order chi connectivity index (χ0) is 15.0. The van der Waals surface area contributed by atoms with Crippen LogP contribution in [0.25, 0.3) is 0 Å². The molecule has 1 N–H and O–H groups in total. The first-order valence-electron chi connectivity index (χ1n) is 7.39. The number of rotatable bonds is 9. The summed E-state index contributed by atoms with van der Waals surface area (Å²) in [5, 5.41) is 4.25. The Labute approximate surface area is 128 Å². The Balaban J connectivity index is 2.66. The fourth-order valence-electron chi connectivity index (χ4n) is 2.03. The molecule has 0 amide bonds. The lowest BCUT2D eigenvalue weighted by Gasteiger charge is -2.26. The van der Waals surface area contributed by atoms with E-state index < -0.39 is 0 Å². The maximum absolute atomic E-state index is 6.01. The molecule has 20 heavy (non-hydrogen) atoms. The zero-order valence-corrected chi connectivity index (χ0v) is 13.5. The van der Waals surface area contributed by atoms with Gasteiger partial charge in [-0.05, 0) is 50.9 Å². The van der Waals surface area contributed by atoms with Gasteiger partial charge in [0.25, 0.3) is 0 Å². The number of ether oxygens (including phenoxy) is 1. The van der Waals surface area contributed by atoms with Gasteiger partial charge in [-0.1, -0.05) is 43.7 Å². The molecule has 0 saturated heterocycles. The topological polar surface area (TPSA) is 21.3 Å². The molecule has 0 spiro atoms. The highest BCUT2D eigenvalue weighted by Crippen LogP contribution is 2.20. The third kappa shape index (κ3) is 5.98. The summed E-state index contributed by atoms with van der Waals surface area (Å²) in [6.45, 7) is 11.5. The molecular formula is C17H26ClNO. The largest absolute Gasteiger partial charge is 0.489 e. The molecule has 0 aromatic heterocycles. The Morgan fingerprint density at radius 3 is 2.75 bits per heavy atom. The summed E-state index contributed by atoms with van der Waals surface area (Å²) in [6.07, 6.45) is 3.13. The SMILES string of the molecule is C=C(CC)CC(NCCC)C(C)Oc1cccc(Cl)c1. The molecule has 3 heteroatoms. The van der Waals surface area contributed by atoms with Crippen LogP contribution in [-0.2, 0) is 0 Å². The Morgan fingerprint density at radius 1 is 1.40 bits per heavy atom. The summed E-state index contributed by atoms with van der Waals surface area (Å²) in [6, 6.07) is 7.83. The molecule has 0 bridgehead atoms. The van der Waals surface area contributed by atoms with E-state index in [2.05, 4.69) is 32.7 Å². The van der Waals surface area contributed by atoms with E-state index in [9.17, 15) is 0 Å². The fraction of sp³-hybridized carbons (Fsp3) is 0.529. The van der Waals surface area contributed by atoms with E-state index in [1.54, 1.807) is 0 Å². The van der Waals surface area contributed by atoms with Crippen LogP contribution >= 0.6 is 11.6 Å². The highest BCUT2D eigenvalue weighted by molar-refractivity contribution is 6.30. The van der Waals surface area contributed by atoms with Crippen molar-refractivity contribution in [3.63, 3.8) is 0 Å². The maximum Gasteiger partial charge on any atom is 0.121 e. The first-order valence-corrected chi connectivity index (χ1v) is 7.76. The average Bonchev–Trinajstić information content (AvgIpc) is 2.43. The van der Waals surface area contributed by atoms with Gasteiger partial charge in [-0.3, -0.25) is 0 Å². The second-order valence-electron chi connectivity index (χ2n) is 5.15. The minimum atomic E-state index is 0.0725. The summed E-state index contributed by atoms with van der Waals surface area (Å²) in [5.74, 6) is 0.815. The van der Waals surface area contributed by atoms with E-state index in [1.807, 2.05) is 24.3 Å². The third-order valence-corrected chi connectivity index (χ3v) is 3.58. The summed E-state index contributed by atoms with van der Waals surface area (Å²) >= 11 is 5.99. The van der Waals surface area contributed by atoms with Crippen molar-refractivity contribution in [1.29, 1.82) is 0 Å². The number of hydrogen-bond acceptors (Lipinski definition) is 2. The second-order valence-corrected chi connectivity index (χ2v) is 5.59. The van der Waals surface area contributed by atoms with E-state index in [0.29, 0.717) is 5.02 Å². The van der Waals surface area contributed by atoms with Crippen LogP contribution in [0.4, 0.5) is 0 Å². The van der Waals surface area contributed by atoms with Gasteiger partial charge in [0.2, 0.25) is 0 Å². The molecule has 0 saturated carbocycles. The van der Waals surface area contributed by atoms with Crippen molar-refractivity contribution in [3.8, 4) is 5.75 Å². The van der Waals surface area contributed by atoms with Gasteiger partial charge in [-0.15, -0.1) is 0 Å². The lowest BCUT2D eigenvalue weighted by Crippen LogP contribution is -2.42. The third-order valence-electron chi connectivity index (χ3n) is 3.35. The van der Waals surface area contributed by atoms with Crippen LogP contribution in [0.3, 0.4) is 0 Å². The molecule has 2 atom stereocenters. The van der Waals surface area contributed by atoms with Crippen LogP contribution < -0.4 is 10.1 Å². The predicted octanol–water partition coefficient (Wildman–Crippen LogP) is 4.83. The average molecular weight is 296 g/mol. The van der Waals surface area contributed by atoms with Crippen molar-refractivity contribution in [2.24, 2.45) is 0 Å². The molecule has 1 rings (SSSR count). The molecule has 0 radical (unpaired) electrons. The van der Waals surface area contributed by atoms with Crippen molar-refractivity contribution in [2.75, 3.05) is 6.54 Å². The summed E-state index contributed by atoms with van der Waals surface area (Å²) in [7, 11) is 0. The highest BCUT2D eigenvalue weighted by atomic mass is 35.5. The van der Waals surface area contributed by atoms with Gasteiger partial charge in [0.1, 0.15) is 11.9 Å². The first-order chi connectivity index (χ1) is 9.56. The molecule has 1 aromatic rings. The van der Waals surface area contributed by atoms with E-state index in [0.717, 1.165) is 31.6 Å². The molecule has 2 unspecified atom stereocenters. The van der Waals surface area contributed by atoms with Crippen LogP contribution in [0.1, 0.15) is 40.0 Å². The number of halogens is 1. The maximum atomic E-state index is 6.01. The highest BCUT2D eigenvalue weighted by Gasteiger charge is 2.19. The fourth-order valence-corrected chi connectivity index (χ4v) is 2.21. The van der Waals surface area contributed by atoms with Gasteiger partial charge in [0.05, 0.1) is 0 Å². The van der Waals surface area contributed by atoms with Gasteiger partial charge in [-0.2, -0.15) is 0 Å². The summed E-state index contributed by atoms with van der Waals surface area (Å²) in [5.41, 5.74) is 1.25. The Morgan fingerprint density at radius 2 is 2.15 bits per heavy atom. The first kappa shape index (κ1) is 17.1. The lowest BCUT2D eigenvalue weighted by molar-refractivity contribution is 0.169. The Kier molecular flexibility index (Phi) is 7.71. The molecule has 0 heterocycles. The van der Waals surface area contributed by atoms with Crippen molar-refractivity contribution >= 4 is 11.6 Å². The van der Waals surface area contributed by atoms with Crippen LogP contribution in [-0.4, -0.2) is 18.7 Å². The van der Waals surface area contributed by atoms with E-state index >= 15 is 0 Å². The Bertz CT molecular complexity index is 419. The van der Waals surface area contributed by atoms with Crippen molar-refractivity contribution in [1.82, 2.24) is 5.32 Å². The minimum Gasteiger partial charge on any atom is -0.489 e. The van der Waals surface area contributed by atoms with Crippen LogP contribution in [0, 0.1) is 0 Å². The second kappa shape index (κ2) is 9.04. The normalized spacial score (nSPS) is 13.8. The van der Waals surface area contributed by atoms with Gasteiger partial charge in [0, 0.05) is 11.1 Å².